The van der Waals surface area contributed by atoms with Crippen LogP contribution < -0.4 is 4.74 Å². The summed E-state index contributed by atoms with van der Waals surface area (Å²) in [6, 6.07) is 15.3. The van der Waals surface area contributed by atoms with E-state index >= 15 is 0 Å². The van der Waals surface area contributed by atoms with Gasteiger partial charge in [0.05, 0.1) is 18.2 Å². The Morgan fingerprint density at radius 2 is 1.74 bits per heavy atom. The summed E-state index contributed by atoms with van der Waals surface area (Å²) >= 11 is 5.99. The third-order valence-corrected chi connectivity index (χ3v) is 3.63. The van der Waals surface area contributed by atoms with E-state index in [1.807, 2.05) is 43.3 Å². The van der Waals surface area contributed by atoms with Crippen LogP contribution in [0.5, 0.6) is 5.75 Å². The molecular formula is C16H17ClO2. The predicted octanol–water partition coefficient (Wildman–Crippen LogP) is 4.19. The van der Waals surface area contributed by atoms with Gasteiger partial charge >= 0.3 is 0 Å². The zero-order valence-electron chi connectivity index (χ0n) is 11.0. The molecule has 0 amide bonds. The molecule has 0 fully saturated rings. The molecule has 0 aliphatic heterocycles. The Labute approximate surface area is 118 Å². The van der Waals surface area contributed by atoms with Crippen molar-refractivity contribution >= 4 is 11.6 Å². The van der Waals surface area contributed by atoms with Crippen LogP contribution in [0.4, 0.5) is 0 Å². The van der Waals surface area contributed by atoms with E-state index in [2.05, 4.69) is 0 Å². The number of benzene rings is 2. The molecule has 0 aliphatic rings. The standard InChI is InChI=1S/C16H17ClO2/c1-11(12-6-4-3-5-7-12)16(18)13-8-9-14(17)15(10-13)19-2/h3-11,16,18H,1-2H3. The Morgan fingerprint density at radius 1 is 1.05 bits per heavy atom. The van der Waals surface area contributed by atoms with Crippen molar-refractivity contribution in [3.8, 4) is 5.75 Å². The van der Waals surface area contributed by atoms with Crippen molar-refractivity contribution in [2.24, 2.45) is 0 Å². The van der Waals surface area contributed by atoms with E-state index in [9.17, 15) is 5.11 Å². The Bertz CT molecular complexity index is 540. The molecule has 0 bridgehead atoms. The van der Waals surface area contributed by atoms with Crippen molar-refractivity contribution in [3.63, 3.8) is 0 Å². The van der Waals surface area contributed by atoms with Crippen LogP contribution in [0.15, 0.2) is 48.5 Å². The van der Waals surface area contributed by atoms with Gasteiger partial charge in [0, 0.05) is 5.92 Å². The summed E-state index contributed by atoms with van der Waals surface area (Å²) in [7, 11) is 1.57. The third-order valence-electron chi connectivity index (χ3n) is 3.32. The average molecular weight is 277 g/mol. The largest absolute Gasteiger partial charge is 0.495 e. The van der Waals surface area contributed by atoms with Crippen molar-refractivity contribution in [1.82, 2.24) is 0 Å². The van der Waals surface area contributed by atoms with Crippen molar-refractivity contribution in [2.45, 2.75) is 18.9 Å². The van der Waals surface area contributed by atoms with E-state index in [1.54, 1.807) is 19.2 Å². The lowest BCUT2D eigenvalue weighted by atomic mass is 9.91. The maximum Gasteiger partial charge on any atom is 0.137 e. The molecule has 0 aliphatic carbocycles. The van der Waals surface area contributed by atoms with E-state index in [-0.39, 0.29) is 5.92 Å². The Hall–Kier alpha value is -1.51. The first-order valence-electron chi connectivity index (χ1n) is 6.20. The van der Waals surface area contributed by atoms with E-state index in [1.165, 1.54) is 0 Å². The normalized spacial score (nSPS) is 13.9. The number of rotatable bonds is 4. The van der Waals surface area contributed by atoms with Crippen molar-refractivity contribution in [3.05, 3.63) is 64.7 Å². The number of hydrogen-bond donors (Lipinski definition) is 1. The van der Waals surface area contributed by atoms with E-state index in [0.717, 1.165) is 11.1 Å². The quantitative estimate of drug-likeness (QED) is 0.907. The molecule has 2 nitrogen and oxygen atoms in total. The van der Waals surface area contributed by atoms with Crippen LogP contribution >= 0.6 is 11.6 Å². The molecular weight excluding hydrogens is 260 g/mol. The number of hydrogen-bond acceptors (Lipinski definition) is 2. The lowest BCUT2D eigenvalue weighted by Crippen LogP contribution is -2.07. The predicted molar refractivity (Wildman–Crippen MR) is 77.8 cm³/mol. The van der Waals surface area contributed by atoms with Crippen LogP contribution in [0.25, 0.3) is 0 Å². The van der Waals surface area contributed by atoms with Crippen LogP contribution in [0.3, 0.4) is 0 Å². The van der Waals surface area contributed by atoms with Gasteiger partial charge in [0.2, 0.25) is 0 Å². The molecule has 2 aromatic rings. The van der Waals surface area contributed by atoms with Crippen LogP contribution in [-0.2, 0) is 0 Å². The van der Waals surface area contributed by atoms with E-state index < -0.39 is 6.10 Å². The molecule has 0 heterocycles. The second-order valence-electron chi connectivity index (χ2n) is 4.54. The number of aliphatic hydroxyl groups is 1. The van der Waals surface area contributed by atoms with Gasteiger partial charge in [-0.25, -0.2) is 0 Å². The van der Waals surface area contributed by atoms with Gasteiger partial charge in [-0.3, -0.25) is 0 Å². The number of halogens is 1. The Kier molecular flexibility index (Phi) is 4.46. The minimum absolute atomic E-state index is 0.00656. The Morgan fingerprint density at radius 3 is 2.37 bits per heavy atom. The molecule has 0 aromatic heterocycles. The monoisotopic (exact) mass is 276 g/mol. The summed E-state index contributed by atoms with van der Waals surface area (Å²) in [5.41, 5.74) is 1.90. The van der Waals surface area contributed by atoms with Crippen LogP contribution in [-0.4, -0.2) is 12.2 Å². The number of aliphatic hydroxyl groups excluding tert-OH is 1. The molecule has 100 valence electrons. The Balaban J connectivity index is 2.26. The molecule has 19 heavy (non-hydrogen) atoms. The first-order valence-corrected chi connectivity index (χ1v) is 6.57. The maximum atomic E-state index is 10.5. The third kappa shape index (κ3) is 3.09. The highest BCUT2D eigenvalue weighted by Gasteiger charge is 2.19. The van der Waals surface area contributed by atoms with Gasteiger partial charge in [-0.2, -0.15) is 0 Å². The summed E-state index contributed by atoms with van der Waals surface area (Å²) < 4.78 is 5.18. The molecule has 0 saturated heterocycles. The summed E-state index contributed by atoms with van der Waals surface area (Å²) in [4.78, 5) is 0. The molecule has 0 spiro atoms. The molecule has 0 saturated carbocycles. The van der Waals surface area contributed by atoms with Crippen molar-refractivity contribution < 1.29 is 9.84 Å². The first kappa shape index (κ1) is 13.9. The van der Waals surface area contributed by atoms with Gasteiger partial charge in [0.25, 0.3) is 0 Å². The van der Waals surface area contributed by atoms with Gasteiger partial charge < -0.3 is 9.84 Å². The molecule has 2 atom stereocenters. The van der Waals surface area contributed by atoms with Gasteiger partial charge in [-0.1, -0.05) is 54.9 Å². The second kappa shape index (κ2) is 6.09. The lowest BCUT2D eigenvalue weighted by Gasteiger charge is -2.20. The van der Waals surface area contributed by atoms with Crippen LogP contribution in [0.1, 0.15) is 30.1 Å². The highest BCUT2D eigenvalue weighted by molar-refractivity contribution is 6.32. The number of methoxy groups -OCH3 is 1. The smallest absolute Gasteiger partial charge is 0.137 e. The SMILES string of the molecule is COc1cc(C(O)C(C)c2ccccc2)ccc1Cl. The molecule has 2 unspecified atom stereocenters. The van der Waals surface area contributed by atoms with Crippen LogP contribution in [0.2, 0.25) is 5.02 Å². The fourth-order valence-electron chi connectivity index (χ4n) is 2.09. The lowest BCUT2D eigenvalue weighted by molar-refractivity contribution is 0.151. The topological polar surface area (TPSA) is 29.5 Å². The van der Waals surface area contributed by atoms with E-state index in [0.29, 0.717) is 10.8 Å². The summed E-state index contributed by atoms with van der Waals surface area (Å²) in [5.74, 6) is 0.588. The average Bonchev–Trinajstić information content (AvgIpc) is 2.47. The molecule has 2 aromatic carbocycles. The summed E-state index contributed by atoms with van der Waals surface area (Å²) in [6.45, 7) is 2.00. The minimum Gasteiger partial charge on any atom is -0.495 e. The minimum atomic E-state index is -0.589. The van der Waals surface area contributed by atoms with Crippen molar-refractivity contribution in [2.75, 3.05) is 7.11 Å². The van der Waals surface area contributed by atoms with Gasteiger partial charge in [-0.15, -0.1) is 0 Å². The fraction of sp³-hybridized carbons (Fsp3) is 0.250. The molecule has 0 radical (unpaired) electrons. The van der Waals surface area contributed by atoms with Crippen LogP contribution in [0, 0.1) is 0 Å². The highest BCUT2D eigenvalue weighted by Crippen LogP contribution is 2.34. The maximum absolute atomic E-state index is 10.5. The first-order chi connectivity index (χ1) is 9.13. The van der Waals surface area contributed by atoms with Gasteiger partial charge in [0.15, 0.2) is 0 Å². The zero-order valence-corrected chi connectivity index (χ0v) is 11.8. The highest BCUT2D eigenvalue weighted by atomic mass is 35.5. The summed E-state index contributed by atoms with van der Waals surface area (Å²) in [6.07, 6.45) is -0.589. The van der Waals surface area contributed by atoms with Gasteiger partial charge in [0.1, 0.15) is 5.75 Å². The second-order valence-corrected chi connectivity index (χ2v) is 4.95. The fourth-order valence-corrected chi connectivity index (χ4v) is 2.28. The molecule has 1 N–H and O–H groups in total. The molecule has 3 heteroatoms. The van der Waals surface area contributed by atoms with E-state index in [4.69, 9.17) is 16.3 Å². The van der Waals surface area contributed by atoms with Gasteiger partial charge in [-0.05, 0) is 23.3 Å². The van der Waals surface area contributed by atoms with Crippen molar-refractivity contribution in [1.29, 1.82) is 0 Å². The number of ether oxygens (including phenoxy) is 1. The summed E-state index contributed by atoms with van der Waals surface area (Å²) in [5, 5.41) is 11.0. The molecule has 2 rings (SSSR count). The zero-order chi connectivity index (χ0) is 13.8.